The summed E-state index contributed by atoms with van der Waals surface area (Å²) in [6.45, 7) is 4.11. The van der Waals surface area contributed by atoms with Crippen LogP contribution >= 0.6 is 11.8 Å². The molecule has 0 bridgehead atoms. The molecule has 0 aliphatic heterocycles. The van der Waals surface area contributed by atoms with E-state index in [1.54, 1.807) is 0 Å². The molecule has 1 aromatic carbocycles. The Bertz CT molecular complexity index is 311. The molecule has 0 aliphatic carbocycles. The maximum absolute atomic E-state index is 5.62. The van der Waals surface area contributed by atoms with Crippen molar-refractivity contribution in [2.75, 3.05) is 6.26 Å². The maximum Gasteiger partial charge on any atom is 0.158 e. The zero-order valence-electron chi connectivity index (χ0n) is 8.16. The van der Waals surface area contributed by atoms with E-state index in [0.717, 1.165) is 5.69 Å². The first-order valence-electron chi connectivity index (χ1n) is 4.08. The molecule has 0 saturated carbocycles. The highest BCUT2D eigenvalue weighted by atomic mass is 32.2. The Hall–Kier alpha value is -0.960. The van der Waals surface area contributed by atoms with Crippen molar-refractivity contribution in [3.63, 3.8) is 0 Å². The van der Waals surface area contributed by atoms with Crippen molar-refractivity contribution < 1.29 is 0 Å². The molecule has 0 amide bonds. The van der Waals surface area contributed by atoms with Gasteiger partial charge in [0.1, 0.15) is 0 Å². The summed E-state index contributed by atoms with van der Waals surface area (Å²) in [6.07, 6.45) is 1.92. The van der Waals surface area contributed by atoms with E-state index >= 15 is 0 Å². The number of aliphatic imine (C=N–C) groups is 1. The molecule has 0 aliphatic rings. The third-order valence-electron chi connectivity index (χ3n) is 1.65. The average molecular weight is 194 g/mol. The fourth-order valence-corrected chi connectivity index (χ4v) is 1.38. The van der Waals surface area contributed by atoms with Gasteiger partial charge in [-0.2, -0.15) is 0 Å². The van der Waals surface area contributed by atoms with E-state index in [4.69, 9.17) is 5.73 Å². The molecule has 70 valence electrons. The summed E-state index contributed by atoms with van der Waals surface area (Å²) in [6, 6.07) is 6.17. The lowest BCUT2D eigenvalue weighted by molar-refractivity contribution is 1.36. The summed E-state index contributed by atoms with van der Waals surface area (Å²) < 4.78 is 0. The third-order valence-corrected chi connectivity index (χ3v) is 2.16. The molecular weight excluding hydrogens is 180 g/mol. The van der Waals surface area contributed by atoms with Gasteiger partial charge in [0.2, 0.25) is 0 Å². The number of hydrogen-bond donors (Lipinski definition) is 1. The SMILES string of the molecule is CSC(N)=Nc1cc(C)cc(C)c1. The largest absolute Gasteiger partial charge is 0.378 e. The molecule has 0 atom stereocenters. The summed E-state index contributed by atoms with van der Waals surface area (Å²) in [5.74, 6) is 0. The van der Waals surface area contributed by atoms with Crippen LogP contribution in [0.2, 0.25) is 0 Å². The molecule has 0 saturated heterocycles. The second kappa shape index (κ2) is 4.33. The van der Waals surface area contributed by atoms with Gasteiger partial charge in [-0.25, -0.2) is 4.99 Å². The third kappa shape index (κ3) is 3.11. The number of amidine groups is 1. The van der Waals surface area contributed by atoms with Gasteiger partial charge in [-0.15, -0.1) is 0 Å². The minimum absolute atomic E-state index is 0.602. The van der Waals surface area contributed by atoms with E-state index in [9.17, 15) is 0 Å². The number of aryl methyl sites for hydroxylation is 2. The molecule has 13 heavy (non-hydrogen) atoms. The van der Waals surface area contributed by atoms with E-state index in [1.807, 2.05) is 18.4 Å². The summed E-state index contributed by atoms with van der Waals surface area (Å²) in [5, 5.41) is 0.602. The molecule has 1 rings (SSSR count). The van der Waals surface area contributed by atoms with Crippen LogP contribution < -0.4 is 5.73 Å². The van der Waals surface area contributed by atoms with Crippen molar-refractivity contribution in [3.8, 4) is 0 Å². The Balaban J connectivity index is 3.02. The van der Waals surface area contributed by atoms with Crippen LogP contribution in [0, 0.1) is 13.8 Å². The second-order valence-electron chi connectivity index (χ2n) is 3.00. The minimum Gasteiger partial charge on any atom is -0.378 e. The van der Waals surface area contributed by atoms with Gasteiger partial charge in [0.15, 0.2) is 5.17 Å². The van der Waals surface area contributed by atoms with Crippen molar-refractivity contribution in [3.05, 3.63) is 29.3 Å². The van der Waals surface area contributed by atoms with Gasteiger partial charge in [-0.3, -0.25) is 0 Å². The molecule has 2 N–H and O–H groups in total. The predicted molar refractivity (Wildman–Crippen MR) is 60.7 cm³/mol. The van der Waals surface area contributed by atoms with E-state index in [1.165, 1.54) is 22.9 Å². The van der Waals surface area contributed by atoms with Gasteiger partial charge in [0.25, 0.3) is 0 Å². The molecule has 0 radical (unpaired) electrons. The number of hydrogen-bond acceptors (Lipinski definition) is 2. The van der Waals surface area contributed by atoms with Crippen molar-refractivity contribution >= 4 is 22.6 Å². The fraction of sp³-hybridized carbons (Fsp3) is 0.300. The number of nitrogens with zero attached hydrogens (tertiary/aromatic N) is 1. The highest BCUT2D eigenvalue weighted by molar-refractivity contribution is 8.13. The molecule has 0 aromatic heterocycles. The Morgan fingerprint density at radius 2 is 1.77 bits per heavy atom. The number of benzene rings is 1. The molecule has 0 spiro atoms. The second-order valence-corrected chi connectivity index (χ2v) is 3.83. The Labute approximate surface area is 83.2 Å². The van der Waals surface area contributed by atoms with E-state index in [-0.39, 0.29) is 0 Å². The summed E-state index contributed by atoms with van der Waals surface area (Å²) >= 11 is 1.46. The molecule has 0 heterocycles. The van der Waals surface area contributed by atoms with Crippen LogP contribution in [-0.2, 0) is 0 Å². The van der Waals surface area contributed by atoms with Gasteiger partial charge >= 0.3 is 0 Å². The van der Waals surface area contributed by atoms with Gasteiger partial charge < -0.3 is 5.73 Å². The fourth-order valence-electron chi connectivity index (χ4n) is 1.19. The Kier molecular flexibility index (Phi) is 3.37. The molecule has 2 nitrogen and oxygen atoms in total. The molecule has 0 unspecified atom stereocenters. The van der Waals surface area contributed by atoms with Crippen molar-refractivity contribution in [1.29, 1.82) is 0 Å². The standard InChI is InChI=1S/C10H14N2S/c1-7-4-8(2)6-9(5-7)12-10(11)13-3/h4-6H,1-3H3,(H2,11,12). The Morgan fingerprint density at radius 1 is 1.23 bits per heavy atom. The molecule has 3 heteroatoms. The zero-order valence-corrected chi connectivity index (χ0v) is 8.98. The lowest BCUT2D eigenvalue weighted by Gasteiger charge is -2.00. The Morgan fingerprint density at radius 3 is 2.23 bits per heavy atom. The van der Waals surface area contributed by atoms with Gasteiger partial charge in [-0.05, 0) is 43.4 Å². The highest BCUT2D eigenvalue weighted by Crippen LogP contribution is 2.17. The molecular formula is C10H14N2S. The molecule has 1 aromatic rings. The van der Waals surface area contributed by atoms with Crippen LogP contribution in [0.5, 0.6) is 0 Å². The van der Waals surface area contributed by atoms with Crippen molar-refractivity contribution in [2.45, 2.75) is 13.8 Å². The van der Waals surface area contributed by atoms with E-state index in [2.05, 4.69) is 24.9 Å². The van der Waals surface area contributed by atoms with E-state index in [0.29, 0.717) is 5.17 Å². The number of nitrogens with two attached hydrogens (primary N) is 1. The van der Waals surface area contributed by atoms with Crippen molar-refractivity contribution in [1.82, 2.24) is 0 Å². The zero-order chi connectivity index (χ0) is 9.84. The first-order valence-corrected chi connectivity index (χ1v) is 5.31. The minimum atomic E-state index is 0.602. The first kappa shape index (κ1) is 10.1. The maximum atomic E-state index is 5.62. The quantitative estimate of drug-likeness (QED) is 0.551. The monoisotopic (exact) mass is 194 g/mol. The normalized spacial score (nSPS) is 11.8. The molecule has 0 fully saturated rings. The highest BCUT2D eigenvalue weighted by Gasteiger charge is 1.94. The van der Waals surface area contributed by atoms with Crippen LogP contribution in [0.15, 0.2) is 23.2 Å². The van der Waals surface area contributed by atoms with Crippen LogP contribution in [0.4, 0.5) is 5.69 Å². The van der Waals surface area contributed by atoms with Crippen molar-refractivity contribution in [2.24, 2.45) is 10.7 Å². The number of thioether (sulfide) groups is 1. The lowest BCUT2D eigenvalue weighted by Crippen LogP contribution is -2.04. The van der Waals surface area contributed by atoms with Crippen LogP contribution in [0.1, 0.15) is 11.1 Å². The number of rotatable bonds is 1. The predicted octanol–water partition coefficient (Wildman–Crippen LogP) is 2.61. The van der Waals surface area contributed by atoms with E-state index < -0.39 is 0 Å². The van der Waals surface area contributed by atoms with Gasteiger partial charge in [0.05, 0.1) is 5.69 Å². The van der Waals surface area contributed by atoms with Crippen LogP contribution in [0.3, 0.4) is 0 Å². The summed E-state index contributed by atoms with van der Waals surface area (Å²) in [5.41, 5.74) is 8.98. The summed E-state index contributed by atoms with van der Waals surface area (Å²) in [7, 11) is 0. The van der Waals surface area contributed by atoms with Gasteiger partial charge in [-0.1, -0.05) is 17.8 Å². The smallest absolute Gasteiger partial charge is 0.158 e. The first-order chi connectivity index (χ1) is 6.11. The summed E-state index contributed by atoms with van der Waals surface area (Å²) in [4.78, 5) is 4.26. The van der Waals surface area contributed by atoms with Gasteiger partial charge in [0, 0.05) is 0 Å². The average Bonchev–Trinajstić information content (AvgIpc) is 2.02. The lowest BCUT2D eigenvalue weighted by atomic mass is 10.1. The van der Waals surface area contributed by atoms with Crippen LogP contribution in [-0.4, -0.2) is 11.4 Å². The topological polar surface area (TPSA) is 38.4 Å². The van der Waals surface area contributed by atoms with Crippen LogP contribution in [0.25, 0.3) is 0 Å².